The highest BCUT2D eigenvalue weighted by Crippen LogP contribution is 2.22. The maximum Gasteiger partial charge on any atom is 0.310 e. The monoisotopic (exact) mass is 277 g/mol. The molecule has 0 aliphatic rings. The molecule has 1 rings (SSSR count). The van der Waals surface area contributed by atoms with Gasteiger partial charge in [-0.15, -0.1) is 0 Å². The Morgan fingerprint density at radius 3 is 2.30 bits per heavy atom. The number of benzene rings is 1. The minimum atomic E-state index is -0.332. The second-order valence-corrected chi connectivity index (χ2v) is 4.91. The van der Waals surface area contributed by atoms with Gasteiger partial charge in [0.15, 0.2) is 0 Å². The first-order valence-corrected chi connectivity index (χ1v) is 6.93. The molecule has 4 nitrogen and oxygen atoms in total. The summed E-state index contributed by atoms with van der Waals surface area (Å²) >= 11 is 0. The first-order valence-electron chi connectivity index (χ1n) is 6.93. The standard InChI is InChI=1S/C16H23NO3/c1-5-15(18)17(11-12(2)16(19)20-4)13(3)14-9-7-6-8-10-14/h6-10,12-13H,5,11H2,1-4H3. The van der Waals surface area contributed by atoms with Crippen molar-refractivity contribution in [3.63, 3.8) is 0 Å². The van der Waals surface area contributed by atoms with Crippen LogP contribution < -0.4 is 0 Å². The first-order chi connectivity index (χ1) is 9.51. The van der Waals surface area contributed by atoms with Gasteiger partial charge < -0.3 is 9.64 Å². The van der Waals surface area contributed by atoms with Crippen LogP contribution in [-0.4, -0.2) is 30.4 Å². The van der Waals surface area contributed by atoms with Gasteiger partial charge in [0.05, 0.1) is 19.1 Å². The van der Waals surface area contributed by atoms with E-state index >= 15 is 0 Å². The van der Waals surface area contributed by atoms with E-state index in [1.165, 1.54) is 7.11 Å². The summed E-state index contributed by atoms with van der Waals surface area (Å²) in [5, 5.41) is 0. The van der Waals surface area contributed by atoms with Crippen LogP contribution in [0.4, 0.5) is 0 Å². The highest BCUT2D eigenvalue weighted by Gasteiger charge is 2.25. The summed E-state index contributed by atoms with van der Waals surface area (Å²) in [6.07, 6.45) is 0.422. The smallest absolute Gasteiger partial charge is 0.310 e. The number of rotatable bonds is 6. The van der Waals surface area contributed by atoms with Crippen LogP contribution in [0.15, 0.2) is 30.3 Å². The molecule has 0 N–H and O–H groups in total. The third kappa shape index (κ3) is 4.08. The average molecular weight is 277 g/mol. The van der Waals surface area contributed by atoms with Crippen molar-refractivity contribution in [2.24, 2.45) is 5.92 Å². The molecule has 0 radical (unpaired) electrons. The minimum Gasteiger partial charge on any atom is -0.469 e. The van der Waals surface area contributed by atoms with E-state index in [-0.39, 0.29) is 23.8 Å². The van der Waals surface area contributed by atoms with Gasteiger partial charge in [0.2, 0.25) is 5.91 Å². The van der Waals surface area contributed by atoms with Gasteiger partial charge in [-0.05, 0) is 12.5 Å². The second kappa shape index (κ2) is 7.68. The van der Waals surface area contributed by atoms with E-state index in [1.807, 2.05) is 44.2 Å². The van der Waals surface area contributed by atoms with Crippen molar-refractivity contribution in [2.75, 3.05) is 13.7 Å². The number of hydrogen-bond donors (Lipinski definition) is 0. The molecule has 20 heavy (non-hydrogen) atoms. The van der Waals surface area contributed by atoms with E-state index in [9.17, 15) is 9.59 Å². The van der Waals surface area contributed by atoms with Gasteiger partial charge in [0.1, 0.15) is 0 Å². The van der Waals surface area contributed by atoms with Gasteiger partial charge in [0.25, 0.3) is 0 Å². The lowest BCUT2D eigenvalue weighted by molar-refractivity contribution is -0.147. The van der Waals surface area contributed by atoms with Crippen molar-refractivity contribution < 1.29 is 14.3 Å². The number of nitrogens with zero attached hydrogens (tertiary/aromatic N) is 1. The summed E-state index contributed by atoms with van der Waals surface area (Å²) in [6.45, 7) is 5.96. The van der Waals surface area contributed by atoms with Crippen LogP contribution >= 0.6 is 0 Å². The molecule has 2 unspecified atom stereocenters. The van der Waals surface area contributed by atoms with Crippen LogP contribution in [0, 0.1) is 5.92 Å². The molecule has 1 amide bonds. The molecule has 0 aromatic heterocycles. The number of carbonyl (C=O) groups is 2. The molecule has 1 aromatic carbocycles. The number of amides is 1. The molecule has 0 saturated carbocycles. The maximum atomic E-state index is 12.1. The SMILES string of the molecule is CCC(=O)N(CC(C)C(=O)OC)C(C)c1ccccc1. The fourth-order valence-electron chi connectivity index (χ4n) is 2.16. The normalized spacial score (nSPS) is 13.4. The van der Waals surface area contributed by atoms with E-state index in [2.05, 4.69) is 0 Å². The van der Waals surface area contributed by atoms with E-state index in [0.29, 0.717) is 13.0 Å². The van der Waals surface area contributed by atoms with Gasteiger partial charge >= 0.3 is 5.97 Å². The lowest BCUT2D eigenvalue weighted by atomic mass is 10.0. The third-order valence-electron chi connectivity index (χ3n) is 3.45. The lowest BCUT2D eigenvalue weighted by Gasteiger charge is -2.31. The van der Waals surface area contributed by atoms with Gasteiger partial charge in [-0.25, -0.2) is 0 Å². The molecule has 0 heterocycles. The zero-order valence-electron chi connectivity index (χ0n) is 12.6. The quantitative estimate of drug-likeness (QED) is 0.751. The molecular weight excluding hydrogens is 254 g/mol. The van der Waals surface area contributed by atoms with Crippen LogP contribution in [0.1, 0.15) is 38.8 Å². The molecule has 0 aliphatic carbocycles. The number of hydrogen-bond acceptors (Lipinski definition) is 3. The largest absolute Gasteiger partial charge is 0.469 e. The Bertz CT molecular complexity index is 444. The van der Waals surface area contributed by atoms with E-state index in [1.54, 1.807) is 11.8 Å². The Kier molecular flexibility index (Phi) is 6.22. The first kappa shape index (κ1) is 16.2. The number of esters is 1. The predicted octanol–water partition coefficient (Wildman–Crippen LogP) is 2.80. The average Bonchev–Trinajstić information content (AvgIpc) is 2.50. The number of methoxy groups -OCH3 is 1. The predicted molar refractivity (Wildman–Crippen MR) is 78.0 cm³/mol. The topological polar surface area (TPSA) is 46.6 Å². The Morgan fingerprint density at radius 1 is 1.20 bits per heavy atom. The Labute approximate surface area is 120 Å². The fraction of sp³-hybridized carbons (Fsp3) is 0.500. The zero-order chi connectivity index (χ0) is 15.1. The van der Waals surface area contributed by atoms with Crippen molar-refractivity contribution in [3.8, 4) is 0 Å². The maximum absolute atomic E-state index is 12.1. The Balaban J connectivity index is 2.90. The van der Waals surface area contributed by atoms with Crippen molar-refractivity contribution in [2.45, 2.75) is 33.2 Å². The lowest BCUT2D eigenvalue weighted by Crippen LogP contribution is -2.38. The zero-order valence-corrected chi connectivity index (χ0v) is 12.6. The van der Waals surface area contributed by atoms with Crippen molar-refractivity contribution in [3.05, 3.63) is 35.9 Å². The molecule has 2 atom stereocenters. The second-order valence-electron chi connectivity index (χ2n) is 4.91. The van der Waals surface area contributed by atoms with Crippen LogP contribution in [0.5, 0.6) is 0 Å². The summed E-state index contributed by atoms with van der Waals surface area (Å²) in [6, 6.07) is 9.76. The molecule has 4 heteroatoms. The van der Waals surface area contributed by atoms with Crippen LogP contribution in [-0.2, 0) is 14.3 Å². The Hall–Kier alpha value is -1.84. The van der Waals surface area contributed by atoms with E-state index in [4.69, 9.17) is 4.74 Å². The summed E-state index contributed by atoms with van der Waals surface area (Å²) in [5.41, 5.74) is 1.06. The third-order valence-corrected chi connectivity index (χ3v) is 3.45. The van der Waals surface area contributed by atoms with Gasteiger partial charge in [-0.1, -0.05) is 44.2 Å². The summed E-state index contributed by atoms with van der Waals surface area (Å²) < 4.78 is 4.73. The van der Waals surface area contributed by atoms with Gasteiger partial charge in [0, 0.05) is 13.0 Å². The van der Waals surface area contributed by atoms with E-state index in [0.717, 1.165) is 5.56 Å². The summed E-state index contributed by atoms with van der Waals surface area (Å²) in [4.78, 5) is 25.5. The summed E-state index contributed by atoms with van der Waals surface area (Å²) in [7, 11) is 1.37. The van der Waals surface area contributed by atoms with Gasteiger partial charge in [-0.2, -0.15) is 0 Å². The Morgan fingerprint density at radius 2 is 1.80 bits per heavy atom. The van der Waals surface area contributed by atoms with E-state index < -0.39 is 0 Å². The molecule has 0 aliphatic heterocycles. The summed E-state index contributed by atoms with van der Waals surface area (Å²) in [5.74, 6) is -0.585. The molecule has 0 saturated heterocycles. The number of carbonyl (C=O) groups excluding carboxylic acids is 2. The highest BCUT2D eigenvalue weighted by atomic mass is 16.5. The van der Waals surface area contributed by atoms with Gasteiger partial charge in [-0.3, -0.25) is 9.59 Å². The number of ether oxygens (including phenoxy) is 1. The molecule has 110 valence electrons. The fourth-order valence-corrected chi connectivity index (χ4v) is 2.16. The molecule has 0 bridgehead atoms. The minimum absolute atomic E-state index is 0.0390. The van der Waals surface area contributed by atoms with Crippen LogP contribution in [0.3, 0.4) is 0 Å². The van der Waals surface area contributed by atoms with Crippen molar-refractivity contribution in [1.29, 1.82) is 0 Å². The van der Waals surface area contributed by atoms with Crippen molar-refractivity contribution in [1.82, 2.24) is 4.90 Å². The van der Waals surface area contributed by atoms with Crippen LogP contribution in [0.2, 0.25) is 0 Å². The molecular formula is C16H23NO3. The highest BCUT2D eigenvalue weighted by molar-refractivity contribution is 5.78. The van der Waals surface area contributed by atoms with Crippen LogP contribution in [0.25, 0.3) is 0 Å². The molecule has 0 spiro atoms. The molecule has 1 aromatic rings. The molecule has 0 fully saturated rings. The van der Waals surface area contributed by atoms with Crippen molar-refractivity contribution >= 4 is 11.9 Å².